The molecule has 1 aromatic carbocycles. The third kappa shape index (κ3) is 5.58. The van der Waals surface area contributed by atoms with Crippen LogP contribution in [0.2, 0.25) is 5.15 Å². The molecule has 0 spiro atoms. The van der Waals surface area contributed by atoms with Gasteiger partial charge >= 0.3 is 0 Å². The minimum atomic E-state index is -3.74. The minimum absolute atomic E-state index is 0.269. The molecule has 164 valence electrons. The number of halogens is 1. The second kappa shape index (κ2) is 9.58. The van der Waals surface area contributed by atoms with E-state index in [1.807, 2.05) is 12.1 Å². The largest absolute Gasteiger partial charge is 0.304 e. The zero-order valence-corrected chi connectivity index (χ0v) is 19.0. The van der Waals surface area contributed by atoms with Crippen molar-refractivity contribution in [1.29, 1.82) is 0 Å². The van der Waals surface area contributed by atoms with E-state index in [1.54, 1.807) is 42.9 Å². The fraction of sp³-hybridized carbons (Fsp3) is 0.364. The number of piperazine rings is 1. The van der Waals surface area contributed by atoms with Gasteiger partial charge in [-0.15, -0.1) is 0 Å². The summed E-state index contributed by atoms with van der Waals surface area (Å²) in [5, 5.41) is 1.88. The SMILES string of the molecule is CN1CCN(C[C@@H](Cc2ccc(Cl)nc2)NS(=O)(=O)c2cccc3cnccc23)CC1. The Bertz CT molecular complexity index is 1130. The lowest BCUT2D eigenvalue weighted by Crippen LogP contribution is -2.51. The molecular formula is C22H26ClN5O2S. The number of aromatic nitrogens is 2. The molecule has 1 fully saturated rings. The number of nitrogens with zero attached hydrogens (tertiary/aromatic N) is 4. The Morgan fingerprint density at radius 3 is 2.65 bits per heavy atom. The first kappa shape index (κ1) is 22.1. The van der Waals surface area contributed by atoms with E-state index in [1.165, 1.54) is 0 Å². The Balaban J connectivity index is 1.59. The van der Waals surface area contributed by atoms with Crippen LogP contribution in [0.5, 0.6) is 0 Å². The van der Waals surface area contributed by atoms with E-state index in [9.17, 15) is 8.42 Å². The van der Waals surface area contributed by atoms with Crippen LogP contribution in [0.15, 0.2) is 59.9 Å². The van der Waals surface area contributed by atoms with Crippen LogP contribution in [0.3, 0.4) is 0 Å². The van der Waals surface area contributed by atoms with Crippen LogP contribution in [0.25, 0.3) is 10.8 Å². The van der Waals surface area contributed by atoms with Gasteiger partial charge in [0.1, 0.15) is 5.15 Å². The molecule has 0 bridgehead atoms. The van der Waals surface area contributed by atoms with Crippen LogP contribution in [-0.2, 0) is 16.4 Å². The van der Waals surface area contributed by atoms with Crippen LogP contribution < -0.4 is 4.72 Å². The molecule has 1 saturated heterocycles. The predicted octanol–water partition coefficient (Wildman–Crippen LogP) is 2.42. The smallest absolute Gasteiger partial charge is 0.241 e. The summed E-state index contributed by atoms with van der Waals surface area (Å²) < 4.78 is 29.8. The molecule has 0 amide bonds. The van der Waals surface area contributed by atoms with Crippen molar-refractivity contribution in [3.63, 3.8) is 0 Å². The molecular weight excluding hydrogens is 434 g/mol. The molecule has 4 rings (SSSR count). The quantitative estimate of drug-likeness (QED) is 0.547. The maximum absolute atomic E-state index is 13.4. The van der Waals surface area contributed by atoms with Gasteiger partial charge in [-0.3, -0.25) is 9.88 Å². The van der Waals surface area contributed by atoms with E-state index in [0.29, 0.717) is 23.5 Å². The number of rotatable bonds is 7. The Morgan fingerprint density at radius 1 is 1.10 bits per heavy atom. The van der Waals surface area contributed by atoms with Crippen LogP contribution in [0, 0.1) is 0 Å². The van der Waals surface area contributed by atoms with E-state index in [4.69, 9.17) is 11.6 Å². The molecule has 7 nitrogen and oxygen atoms in total. The molecule has 2 aromatic heterocycles. The van der Waals surface area contributed by atoms with Crippen molar-refractivity contribution in [2.45, 2.75) is 17.4 Å². The molecule has 1 atom stereocenters. The number of sulfonamides is 1. The van der Waals surface area contributed by atoms with Crippen molar-refractivity contribution in [3.8, 4) is 0 Å². The molecule has 1 aliphatic rings. The van der Waals surface area contributed by atoms with E-state index in [0.717, 1.165) is 37.1 Å². The van der Waals surface area contributed by atoms with Crippen LogP contribution in [0.1, 0.15) is 5.56 Å². The van der Waals surface area contributed by atoms with Crippen molar-refractivity contribution < 1.29 is 8.42 Å². The molecule has 0 aliphatic carbocycles. The third-order valence-corrected chi connectivity index (χ3v) is 7.40. The highest BCUT2D eigenvalue weighted by Gasteiger charge is 2.25. The van der Waals surface area contributed by atoms with Crippen molar-refractivity contribution in [1.82, 2.24) is 24.5 Å². The zero-order chi connectivity index (χ0) is 21.8. The van der Waals surface area contributed by atoms with Gasteiger partial charge in [-0.2, -0.15) is 0 Å². The third-order valence-electron chi connectivity index (χ3n) is 5.60. The summed E-state index contributed by atoms with van der Waals surface area (Å²) in [6.07, 6.45) is 5.52. The van der Waals surface area contributed by atoms with Crippen molar-refractivity contribution >= 4 is 32.4 Å². The van der Waals surface area contributed by atoms with Gasteiger partial charge in [-0.25, -0.2) is 18.1 Å². The minimum Gasteiger partial charge on any atom is -0.304 e. The van der Waals surface area contributed by atoms with Gasteiger partial charge in [-0.1, -0.05) is 29.8 Å². The molecule has 0 saturated carbocycles. The van der Waals surface area contributed by atoms with Crippen molar-refractivity contribution in [2.24, 2.45) is 0 Å². The van der Waals surface area contributed by atoms with Crippen molar-refractivity contribution in [2.75, 3.05) is 39.8 Å². The normalized spacial score (nSPS) is 17.1. The molecule has 3 heterocycles. The van der Waals surface area contributed by atoms with Gasteiger partial charge in [0.2, 0.25) is 10.0 Å². The molecule has 0 unspecified atom stereocenters. The average Bonchev–Trinajstić information content (AvgIpc) is 2.76. The molecule has 1 aliphatic heterocycles. The van der Waals surface area contributed by atoms with Gasteiger partial charge in [-0.05, 0) is 37.2 Å². The summed E-state index contributed by atoms with van der Waals surface area (Å²) in [6.45, 7) is 4.39. The van der Waals surface area contributed by atoms with Gasteiger partial charge in [0, 0.05) is 68.1 Å². The van der Waals surface area contributed by atoms with Gasteiger partial charge in [0.25, 0.3) is 0 Å². The molecule has 9 heteroatoms. The summed E-state index contributed by atoms with van der Waals surface area (Å²) in [7, 11) is -1.63. The number of pyridine rings is 2. The van der Waals surface area contributed by atoms with Crippen LogP contribution in [0.4, 0.5) is 0 Å². The van der Waals surface area contributed by atoms with Gasteiger partial charge < -0.3 is 4.90 Å². The fourth-order valence-electron chi connectivity index (χ4n) is 3.91. The van der Waals surface area contributed by atoms with E-state index < -0.39 is 10.0 Å². The highest BCUT2D eigenvalue weighted by Crippen LogP contribution is 2.22. The Morgan fingerprint density at radius 2 is 1.90 bits per heavy atom. The summed E-state index contributed by atoms with van der Waals surface area (Å²) in [5.41, 5.74) is 0.938. The monoisotopic (exact) mass is 459 g/mol. The second-order valence-corrected chi connectivity index (χ2v) is 10.0. The van der Waals surface area contributed by atoms with Crippen LogP contribution in [-0.4, -0.2) is 74.0 Å². The zero-order valence-electron chi connectivity index (χ0n) is 17.4. The number of nitrogens with one attached hydrogen (secondary N) is 1. The predicted molar refractivity (Wildman–Crippen MR) is 123 cm³/mol. The Kier molecular flexibility index (Phi) is 6.83. The Hall–Kier alpha value is -2.10. The highest BCUT2D eigenvalue weighted by atomic mass is 35.5. The summed E-state index contributed by atoms with van der Waals surface area (Å²) in [5.74, 6) is 0. The number of hydrogen-bond acceptors (Lipinski definition) is 6. The standard InChI is InChI=1S/C22H26ClN5O2S/c1-27-9-11-28(12-10-27)16-19(13-17-5-6-22(23)25-14-17)26-31(29,30)21-4-2-3-18-15-24-8-7-20(18)21/h2-8,14-15,19,26H,9-13,16H2,1H3/t19-/m1/s1. The van der Waals surface area contributed by atoms with E-state index >= 15 is 0 Å². The summed E-state index contributed by atoms with van der Waals surface area (Å²) in [6, 6.07) is 10.3. The average molecular weight is 460 g/mol. The maximum atomic E-state index is 13.4. The molecule has 3 aromatic rings. The second-order valence-electron chi connectivity index (χ2n) is 7.97. The van der Waals surface area contributed by atoms with Crippen LogP contribution >= 0.6 is 11.6 Å². The Labute approximate surface area is 188 Å². The molecule has 0 radical (unpaired) electrons. The molecule has 1 N–H and O–H groups in total. The number of benzene rings is 1. The fourth-order valence-corrected chi connectivity index (χ4v) is 5.48. The maximum Gasteiger partial charge on any atom is 0.241 e. The number of hydrogen-bond donors (Lipinski definition) is 1. The summed E-state index contributed by atoms with van der Waals surface area (Å²) in [4.78, 5) is 13.1. The highest BCUT2D eigenvalue weighted by molar-refractivity contribution is 7.89. The van der Waals surface area contributed by atoms with E-state index in [2.05, 4.69) is 31.5 Å². The van der Waals surface area contributed by atoms with Gasteiger partial charge in [0.15, 0.2) is 0 Å². The lowest BCUT2D eigenvalue weighted by molar-refractivity contribution is 0.145. The first-order chi connectivity index (χ1) is 14.9. The summed E-state index contributed by atoms with van der Waals surface area (Å²) >= 11 is 5.92. The lowest BCUT2D eigenvalue weighted by atomic mass is 10.1. The topological polar surface area (TPSA) is 78.4 Å². The first-order valence-corrected chi connectivity index (χ1v) is 12.1. The first-order valence-electron chi connectivity index (χ1n) is 10.3. The number of likely N-dealkylation sites (N-methyl/N-ethyl adjacent to an activating group) is 1. The van der Waals surface area contributed by atoms with Crippen molar-refractivity contribution in [3.05, 3.63) is 65.7 Å². The molecule has 31 heavy (non-hydrogen) atoms. The lowest BCUT2D eigenvalue weighted by Gasteiger charge is -2.34. The number of fused-ring (bicyclic) bond motifs is 1. The van der Waals surface area contributed by atoms with E-state index in [-0.39, 0.29) is 10.9 Å². The van der Waals surface area contributed by atoms with Gasteiger partial charge in [0.05, 0.1) is 4.90 Å².